The molecule has 108 valence electrons. The lowest BCUT2D eigenvalue weighted by molar-refractivity contribution is -0.133. The molecule has 2 heterocycles. The molecule has 2 aliphatic rings. The first-order valence-electron chi connectivity index (χ1n) is 7.45. The van der Waals surface area contributed by atoms with Gasteiger partial charge in [-0.2, -0.15) is 0 Å². The van der Waals surface area contributed by atoms with E-state index in [1.165, 1.54) is 0 Å². The van der Waals surface area contributed by atoms with Crippen LogP contribution >= 0.6 is 0 Å². The van der Waals surface area contributed by atoms with Crippen molar-refractivity contribution in [3.63, 3.8) is 0 Å². The van der Waals surface area contributed by atoms with E-state index in [-0.39, 0.29) is 5.91 Å². The maximum Gasteiger partial charge on any atom is 0.237 e. The van der Waals surface area contributed by atoms with Crippen molar-refractivity contribution in [3.8, 4) is 0 Å². The van der Waals surface area contributed by atoms with Gasteiger partial charge in [0, 0.05) is 19.6 Å². The molecule has 0 aromatic carbocycles. The molecular formula is C15H27N3O. The number of hydrogen-bond donors (Lipinski definition) is 0. The molecule has 0 radical (unpaired) electrons. The summed E-state index contributed by atoms with van der Waals surface area (Å²) in [7, 11) is 2.16. The molecule has 0 bridgehead atoms. The largest absolute Gasteiger partial charge is 0.331 e. The Morgan fingerprint density at radius 2 is 2.05 bits per heavy atom. The van der Waals surface area contributed by atoms with Gasteiger partial charge in [0.1, 0.15) is 0 Å². The van der Waals surface area contributed by atoms with Crippen molar-refractivity contribution in [1.82, 2.24) is 14.7 Å². The van der Waals surface area contributed by atoms with Gasteiger partial charge in [0.2, 0.25) is 5.91 Å². The van der Waals surface area contributed by atoms with Gasteiger partial charge in [0.25, 0.3) is 0 Å². The second-order valence-corrected chi connectivity index (χ2v) is 6.14. The highest BCUT2D eigenvalue weighted by Gasteiger charge is 2.28. The third-order valence-electron chi connectivity index (χ3n) is 4.17. The summed E-state index contributed by atoms with van der Waals surface area (Å²) in [6.07, 6.45) is 5.47. The van der Waals surface area contributed by atoms with Crippen LogP contribution in [0.4, 0.5) is 0 Å². The summed E-state index contributed by atoms with van der Waals surface area (Å²) in [6.45, 7) is 10.0. The van der Waals surface area contributed by atoms with Gasteiger partial charge in [-0.3, -0.25) is 9.69 Å². The van der Waals surface area contributed by atoms with E-state index in [1.54, 1.807) is 0 Å². The van der Waals surface area contributed by atoms with Gasteiger partial charge in [0.15, 0.2) is 0 Å². The van der Waals surface area contributed by atoms with E-state index in [4.69, 9.17) is 0 Å². The van der Waals surface area contributed by atoms with Crippen molar-refractivity contribution in [2.24, 2.45) is 5.92 Å². The van der Waals surface area contributed by atoms with E-state index in [1.807, 2.05) is 4.90 Å². The van der Waals surface area contributed by atoms with Crippen LogP contribution in [0, 0.1) is 5.92 Å². The minimum atomic E-state index is 0.285. The third-order valence-corrected chi connectivity index (χ3v) is 4.17. The van der Waals surface area contributed by atoms with Crippen LogP contribution in [0.25, 0.3) is 0 Å². The SMILES string of the molecule is CC(C)C1C=CCN1C(=O)CN1CCCN(C)CC1. The summed E-state index contributed by atoms with van der Waals surface area (Å²) >= 11 is 0. The Bertz CT molecular complexity index is 340. The Balaban J connectivity index is 1.87. The maximum absolute atomic E-state index is 12.5. The number of carbonyl (C=O) groups excluding carboxylic acids is 1. The van der Waals surface area contributed by atoms with Crippen molar-refractivity contribution < 1.29 is 4.79 Å². The Labute approximate surface area is 117 Å². The number of rotatable bonds is 3. The summed E-state index contributed by atoms with van der Waals surface area (Å²) in [4.78, 5) is 19.1. The first kappa shape index (κ1) is 14.5. The summed E-state index contributed by atoms with van der Waals surface area (Å²) in [5, 5.41) is 0. The first-order valence-corrected chi connectivity index (χ1v) is 7.45. The number of nitrogens with zero attached hydrogens (tertiary/aromatic N) is 3. The zero-order valence-electron chi connectivity index (χ0n) is 12.5. The molecule has 1 unspecified atom stereocenters. The van der Waals surface area contributed by atoms with Crippen LogP contribution in [-0.2, 0) is 4.79 Å². The molecule has 1 fully saturated rings. The van der Waals surface area contributed by atoms with Crippen LogP contribution in [0.1, 0.15) is 20.3 Å². The molecule has 2 rings (SSSR count). The molecule has 0 spiro atoms. The predicted octanol–water partition coefficient (Wildman–Crippen LogP) is 1.05. The third kappa shape index (κ3) is 3.80. The Morgan fingerprint density at radius 3 is 2.79 bits per heavy atom. The first-order chi connectivity index (χ1) is 9.08. The average molecular weight is 265 g/mol. The molecule has 0 aromatic heterocycles. The molecule has 1 atom stereocenters. The van der Waals surface area contributed by atoms with Crippen molar-refractivity contribution in [2.45, 2.75) is 26.3 Å². The lowest BCUT2D eigenvalue weighted by Crippen LogP contribution is -2.45. The summed E-state index contributed by atoms with van der Waals surface area (Å²) in [6, 6.07) is 0.294. The normalized spacial score (nSPS) is 26.1. The van der Waals surface area contributed by atoms with Crippen LogP contribution in [0.2, 0.25) is 0 Å². The summed E-state index contributed by atoms with van der Waals surface area (Å²) in [5.41, 5.74) is 0. The fourth-order valence-electron chi connectivity index (χ4n) is 2.93. The second kappa shape index (κ2) is 6.53. The maximum atomic E-state index is 12.5. The van der Waals surface area contributed by atoms with Crippen molar-refractivity contribution in [3.05, 3.63) is 12.2 Å². The van der Waals surface area contributed by atoms with E-state index in [9.17, 15) is 4.79 Å². The molecule has 4 nitrogen and oxygen atoms in total. The predicted molar refractivity (Wildman–Crippen MR) is 78.0 cm³/mol. The zero-order chi connectivity index (χ0) is 13.8. The van der Waals surface area contributed by atoms with Gasteiger partial charge in [-0.25, -0.2) is 0 Å². The molecule has 0 aliphatic carbocycles. The van der Waals surface area contributed by atoms with Crippen LogP contribution in [0.5, 0.6) is 0 Å². The van der Waals surface area contributed by atoms with Crippen LogP contribution < -0.4 is 0 Å². The highest BCUT2D eigenvalue weighted by atomic mass is 16.2. The molecule has 1 saturated heterocycles. The van der Waals surface area contributed by atoms with Gasteiger partial charge in [0.05, 0.1) is 12.6 Å². The molecule has 0 saturated carbocycles. The summed E-state index contributed by atoms with van der Waals surface area (Å²) < 4.78 is 0. The fourth-order valence-corrected chi connectivity index (χ4v) is 2.93. The van der Waals surface area contributed by atoms with Crippen LogP contribution in [0.3, 0.4) is 0 Å². The van der Waals surface area contributed by atoms with E-state index in [2.05, 4.69) is 42.8 Å². The molecular weight excluding hydrogens is 238 g/mol. The lowest BCUT2D eigenvalue weighted by atomic mass is 10.0. The Morgan fingerprint density at radius 1 is 1.26 bits per heavy atom. The molecule has 1 amide bonds. The lowest BCUT2D eigenvalue weighted by Gasteiger charge is -2.30. The highest BCUT2D eigenvalue weighted by Crippen LogP contribution is 2.18. The van der Waals surface area contributed by atoms with Gasteiger partial charge in [-0.1, -0.05) is 26.0 Å². The zero-order valence-corrected chi connectivity index (χ0v) is 12.5. The van der Waals surface area contributed by atoms with E-state index < -0.39 is 0 Å². The minimum Gasteiger partial charge on any atom is -0.331 e. The highest BCUT2D eigenvalue weighted by molar-refractivity contribution is 5.79. The minimum absolute atomic E-state index is 0.285. The van der Waals surface area contributed by atoms with Gasteiger partial charge in [-0.15, -0.1) is 0 Å². The van der Waals surface area contributed by atoms with E-state index in [0.717, 1.165) is 39.1 Å². The van der Waals surface area contributed by atoms with E-state index >= 15 is 0 Å². The monoisotopic (exact) mass is 265 g/mol. The number of likely N-dealkylation sites (N-methyl/N-ethyl adjacent to an activating group) is 1. The molecule has 4 heteroatoms. The Kier molecular flexibility index (Phi) is 4.99. The summed E-state index contributed by atoms with van der Waals surface area (Å²) in [5.74, 6) is 0.784. The fraction of sp³-hybridized carbons (Fsp3) is 0.800. The molecule has 0 aromatic rings. The van der Waals surface area contributed by atoms with Crippen LogP contribution in [0.15, 0.2) is 12.2 Å². The number of amides is 1. The van der Waals surface area contributed by atoms with Crippen molar-refractivity contribution >= 4 is 5.91 Å². The van der Waals surface area contributed by atoms with Gasteiger partial charge >= 0.3 is 0 Å². The average Bonchev–Trinajstić information content (AvgIpc) is 2.77. The second-order valence-electron chi connectivity index (χ2n) is 6.14. The van der Waals surface area contributed by atoms with Crippen molar-refractivity contribution in [2.75, 3.05) is 46.3 Å². The quantitative estimate of drug-likeness (QED) is 0.714. The molecule has 0 N–H and O–H groups in total. The van der Waals surface area contributed by atoms with Gasteiger partial charge < -0.3 is 9.80 Å². The Hall–Kier alpha value is -0.870. The topological polar surface area (TPSA) is 26.8 Å². The van der Waals surface area contributed by atoms with Crippen molar-refractivity contribution in [1.29, 1.82) is 0 Å². The van der Waals surface area contributed by atoms with E-state index in [0.29, 0.717) is 18.5 Å². The van der Waals surface area contributed by atoms with Gasteiger partial charge in [-0.05, 0) is 32.5 Å². The standard InChI is InChI=1S/C15H27N3O/c1-13(2)14-6-4-9-18(14)15(19)12-17-8-5-7-16(3)10-11-17/h4,6,13-14H,5,7-12H2,1-3H3. The van der Waals surface area contributed by atoms with Crippen LogP contribution in [-0.4, -0.2) is 73.0 Å². The smallest absolute Gasteiger partial charge is 0.237 e. The molecule has 19 heavy (non-hydrogen) atoms. The molecule has 2 aliphatic heterocycles. The number of carbonyl (C=O) groups is 1. The number of hydrogen-bond acceptors (Lipinski definition) is 3.